The Bertz CT molecular complexity index is 559. The van der Waals surface area contributed by atoms with Crippen LogP contribution in [0.2, 0.25) is 0 Å². The topological polar surface area (TPSA) is 186 Å². The first-order chi connectivity index (χ1) is 12.2. The van der Waals surface area contributed by atoms with Gasteiger partial charge in [0.25, 0.3) is 0 Å². The number of unbranched alkanes of at least 4 members (excludes halogenated alkanes) is 1. The van der Waals surface area contributed by atoms with Gasteiger partial charge in [-0.05, 0) is 38.2 Å². The highest BCUT2D eigenvalue weighted by Crippen LogP contribution is 2.04. The lowest BCUT2D eigenvalue weighted by Gasteiger charge is -2.17. The summed E-state index contributed by atoms with van der Waals surface area (Å²) in [5, 5.41) is 17.7. The number of nitrogens with zero attached hydrogens (tertiary/aromatic N) is 2. The first kappa shape index (κ1) is 23.1. The van der Waals surface area contributed by atoms with Gasteiger partial charge in [-0.2, -0.15) is 0 Å². The fourth-order valence-corrected chi connectivity index (χ4v) is 2.18. The van der Waals surface area contributed by atoms with Gasteiger partial charge < -0.3 is 37.8 Å². The second kappa shape index (κ2) is 13.4. The second-order valence-corrected chi connectivity index (χ2v) is 5.73. The van der Waals surface area contributed by atoms with E-state index in [0.29, 0.717) is 13.0 Å². The minimum absolute atomic E-state index is 0.0580. The molecule has 0 aliphatic rings. The zero-order chi connectivity index (χ0) is 19.9. The van der Waals surface area contributed by atoms with Crippen molar-refractivity contribution in [2.45, 2.75) is 44.7 Å². The Labute approximate surface area is 152 Å². The van der Waals surface area contributed by atoms with Crippen molar-refractivity contribution < 1.29 is 9.88 Å². The molecule has 0 aliphatic carbocycles. The third-order valence-electron chi connectivity index (χ3n) is 3.33. The summed E-state index contributed by atoms with van der Waals surface area (Å²) < 4.78 is 0. The van der Waals surface area contributed by atoms with E-state index in [1.54, 1.807) is 0 Å². The molecule has 1 amide bonds. The molecule has 1 aromatic rings. The summed E-state index contributed by atoms with van der Waals surface area (Å²) >= 11 is 0. The van der Waals surface area contributed by atoms with Crippen LogP contribution < -0.4 is 22.5 Å². The van der Waals surface area contributed by atoms with Crippen molar-refractivity contribution in [3.63, 3.8) is 0 Å². The summed E-state index contributed by atoms with van der Waals surface area (Å²) in [5.74, 6) is -0.0120. The highest BCUT2D eigenvalue weighted by atomic mass is 16.9. The number of benzene rings is 1. The fraction of sp³-hybridized carbons (Fsp3) is 0.500. The maximum atomic E-state index is 12.0. The Morgan fingerprint density at radius 3 is 2.35 bits per heavy atom. The van der Waals surface area contributed by atoms with Gasteiger partial charge in [-0.25, -0.2) is 0 Å². The van der Waals surface area contributed by atoms with Crippen molar-refractivity contribution >= 4 is 11.9 Å². The molecule has 0 heterocycles. The lowest BCUT2D eigenvalue weighted by atomic mass is 10.1. The van der Waals surface area contributed by atoms with Gasteiger partial charge in [0.2, 0.25) is 5.91 Å². The summed E-state index contributed by atoms with van der Waals surface area (Å²) in [6.45, 7) is 2.55. The van der Waals surface area contributed by atoms with Crippen molar-refractivity contribution in [2.75, 3.05) is 6.54 Å². The number of hydrogen-bond donors (Lipinski definition) is 4. The van der Waals surface area contributed by atoms with Gasteiger partial charge >= 0.3 is 0 Å². The SMILES string of the molecule is CC(Cc1ccccc1)NC(=O)C(N)CCCCN=C(N)N.O=[N+]([O-])[O-]. The normalized spacial score (nSPS) is 12.1. The van der Waals surface area contributed by atoms with Gasteiger partial charge in [0.1, 0.15) is 0 Å². The van der Waals surface area contributed by atoms with E-state index < -0.39 is 11.1 Å². The summed E-state index contributed by atoms with van der Waals surface area (Å²) in [4.78, 5) is 24.2. The van der Waals surface area contributed by atoms with Gasteiger partial charge in [0, 0.05) is 12.6 Å². The maximum Gasteiger partial charge on any atom is 0.237 e. The Hall–Kier alpha value is -2.88. The molecule has 0 spiro atoms. The zero-order valence-corrected chi connectivity index (χ0v) is 14.8. The van der Waals surface area contributed by atoms with Crippen molar-refractivity contribution in [3.8, 4) is 0 Å². The highest BCUT2D eigenvalue weighted by Gasteiger charge is 2.15. The van der Waals surface area contributed by atoms with Crippen LogP contribution in [0.3, 0.4) is 0 Å². The minimum Gasteiger partial charge on any atom is -0.370 e. The van der Waals surface area contributed by atoms with Crippen molar-refractivity contribution in [3.05, 3.63) is 51.2 Å². The van der Waals surface area contributed by atoms with E-state index in [1.807, 2.05) is 37.3 Å². The molecule has 0 aliphatic heterocycles. The molecular formula is C16H27N6O4-. The van der Waals surface area contributed by atoms with Crippen LogP contribution in [-0.2, 0) is 11.2 Å². The van der Waals surface area contributed by atoms with Gasteiger partial charge in [0.15, 0.2) is 5.96 Å². The predicted octanol–water partition coefficient (Wildman–Crippen LogP) is 0.266. The highest BCUT2D eigenvalue weighted by molar-refractivity contribution is 5.81. The number of hydrogen-bond acceptors (Lipinski definition) is 6. The third kappa shape index (κ3) is 13.5. The summed E-state index contributed by atoms with van der Waals surface area (Å²) in [6, 6.07) is 9.63. The standard InChI is InChI=1S/C16H27N5O.NO3/c1-12(11-13-7-3-2-4-8-13)21-15(22)14(17)9-5-6-10-20-16(18)19;2-1(3)4/h2-4,7-8,12,14H,5-6,9-11,17H2,1H3,(H,21,22)(H4,18,19,20);/q;-1. The van der Waals surface area contributed by atoms with E-state index in [2.05, 4.69) is 10.3 Å². The molecule has 2 atom stereocenters. The van der Waals surface area contributed by atoms with Crippen LogP contribution >= 0.6 is 0 Å². The van der Waals surface area contributed by atoms with Crippen LogP contribution in [0.1, 0.15) is 31.7 Å². The largest absolute Gasteiger partial charge is 0.370 e. The quantitative estimate of drug-likeness (QED) is 0.158. The van der Waals surface area contributed by atoms with E-state index >= 15 is 0 Å². The Kier molecular flexibility index (Phi) is 11.9. The monoisotopic (exact) mass is 367 g/mol. The van der Waals surface area contributed by atoms with Crippen molar-refractivity contribution in [1.29, 1.82) is 0 Å². The lowest BCUT2D eigenvalue weighted by molar-refractivity contribution is -0.402. The van der Waals surface area contributed by atoms with E-state index in [-0.39, 0.29) is 17.9 Å². The Balaban J connectivity index is 0.00000141. The molecular weight excluding hydrogens is 340 g/mol. The number of nitrogens with one attached hydrogen (secondary N) is 1. The third-order valence-corrected chi connectivity index (χ3v) is 3.33. The molecule has 1 aromatic carbocycles. The van der Waals surface area contributed by atoms with Crippen molar-refractivity contribution in [1.82, 2.24) is 5.32 Å². The number of carbonyl (C=O) groups is 1. The summed E-state index contributed by atoms with van der Waals surface area (Å²) in [5.41, 5.74) is 17.6. The zero-order valence-electron chi connectivity index (χ0n) is 14.8. The number of aliphatic imine (C=N–C) groups is 1. The number of nitrogens with two attached hydrogens (primary N) is 3. The first-order valence-corrected chi connectivity index (χ1v) is 8.19. The number of carbonyl (C=O) groups excluding carboxylic acids is 1. The number of amides is 1. The molecule has 7 N–H and O–H groups in total. The number of guanidine groups is 1. The van der Waals surface area contributed by atoms with Crippen LogP contribution in [0.4, 0.5) is 0 Å². The van der Waals surface area contributed by atoms with Crippen LogP contribution in [0.25, 0.3) is 0 Å². The molecule has 26 heavy (non-hydrogen) atoms. The van der Waals surface area contributed by atoms with Gasteiger partial charge in [-0.3, -0.25) is 9.79 Å². The maximum absolute atomic E-state index is 12.0. The van der Waals surface area contributed by atoms with Gasteiger partial charge in [-0.1, -0.05) is 30.3 Å². The van der Waals surface area contributed by atoms with E-state index in [0.717, 1.165) is 19.3 Å². The van der Waals surface area contributed by atoms with Crippen molar-refractivity contribution in [2.24, 2.45) is 22.2 Å². The second-order valence-electron chi connectivity index (χ2n) is 5.73. The molecule has 2 unspecified atom stereocenters. The van der Waals surface area contributed by atoms with E-state index in [1.165, 1.54) is 5.56 Å². The fourth-order valence-electron chi connectivity index (χ4n) is 2.18. The summed E-state index contributed by atoms with van der Waals surface area (Å²) in [7, 11) is 0. The van der Waals surface area contributed by atoms with Gasteiger partial charge in [0.05, 0.1) is 11.1 Å². The molecule has 0 radical (unpaired) electrons. The van der Waals surface area contributed by atoms with Crippen LogP contribution in [0.15, 0.2) is 35.3 Å². The molecule has 10 nitrogen and oxygen atoms in total. The predicted molar refractivity (Wildman–Crippen MR) is 101 cm³/mol. The molecule has 0 bridgehead atoms. The smallest absolute Gasteiger partial charge is 0.237 e. The minimum atomic E-state index is -1.75. The van der Waals surface area contributed by atoms with E-state index in [4.69, 9.17) is 32.5 Å². The molecule has 146 valence electrons. The van der Waals surface area contributed by atoms with E-state index in [9.17, 15) is 4.79 Å². The van der Waals surface area contributed by atoms with Crippen LogP contribution in [0.5, 0.6) is 0 Å². The Morgan fingerprint density at radius 1 is 1.23 bits per heavy atom. The first-order valence-electron chi connectivity index (χ1n) is 8.19. The molecule has 0 aromatic heterocycles. The average Bonchev–Trinajstić information content (AvgIpc) is 2.54. The number of rotatable bonds is 9. The lowest BCUT2D eigenvalue weighted by Crippen LogP contribution is -2.45. The average molecular weight is 367 g/mol. The molecule has 0 saturated heterocycles. The molecule has 0 saturated carbocycles. The molecule has 10 heteroatoms. The van der Waals surface area contributed by atoms with Crippen LogP contribution in [0, 0.1) is 15.3 Å². The molecule has 0 fully saturated rings. The van der Waals surface area contributed by atoms with Gasteiger partial charge in [-0.15, -0.1) is 0 Å². The Morgan fingerprint density at radius 2 is 1.81 bits per heavy atom. The molecule has 1 rings (SSSR count). The summed E-state index contributed by atoms with van der Waals surface area (Å²) in [6.07, 6.45) is 3.06. The van der Waals surface area contributed by atoms with Crippen LogP contribution in [-0.4, -0.2) is 35.6 Å².